The molecule has 0 unspecified atom stereocenters. The molecular formula is C36H68N4O8Si. The summed E-state index contributed by atoms with van der Waals surface area (Å²) in [7, 11) is -4.22. The molecule has 284 valence electrons. The zero-order chi connectivity index (χ0) is 37.6. The molecular weight excluding hydrogens is 645 g/mol. The molecule has 4 rings (SSSR count). The van der Waals surface area contributed by atoms with E-state index in [1.807, 2.05) is 111 Å². The summed E-state index contributed by atoms with van der Waals surface area (Å²) in [6.07, 6.45) is 1.79. The summed E-state index contributed by atoms with van der Waals surface area (Å²) < 4.78 is 28.9. The summed E-state index contributed by atoms with van der Waals surface area (Å²) in [5.74, 6) is 0. The number of nitrogens with zero attached hydrogens (tertiary/aromatic N) is 4. The van der Waals surface area contributed by atoms with E-state index in [4.69, 9.17) is 17.7 Å². The molecule has 4 radical (unpaired) electrons. The average Bonchev–Trinajstić information content (AvgIpc) is 2.86. The van der Waals surface area contributed by atoms with Crippen LogP contribution in [0.1, 0.15) is 162 Å². The lowest BCUT2D eigenvalue weighted by Crippen LogP contribution is -2.68. The lowest BCUT2D eigenvalue weighted by atomic mass is 9.80. The van der Waals surface area contributed by atoms with Crippen LogP contribution in [-0.4, -0.2) is 98.0 Å². The molecule has 0 N–H and O–H groups in total. The quantitative estimate of drug-likeness (QED) is 0.247. The topological polar surface area (TPSA) is 129 Å². The van der Waals surface area contributed by atoms with Crippen LogP contribution in [0.15, 0.2) is 0 Å². The summed E-state index contributed by atoms with van der Waals surface area (Å²) in [5.41, 5.74) is -5.78. The van der Waals surface area contributed by atoms with Crippen LogP contribution in [0.2, 0.25) is 0 Å². The van der Waals surface area contributed by atoms with E-state index in [2.05, 4.69) is 0 Å². The van der Waals surface area contributed by atoms with E-state index < -0.39 is 77.8 Å². The number of rotatable bonds is 8. The van der Waals surface area contributed by atoms with Gasteiger partial charge < -0.3 is 17.7 Å². The summed E-state index contributed by atoms with van der Waals surface area (Å²) in [4.78, 5) is 0. The largest absolute Gasteiger partial charge is 0.680 e. The van der Waals surface area contributed by atoms with Crippen LogP contribution in [0, 0.1) is 0 Å². The van der Waals surface area contributed by atoms with E-state index in [0.717, 1.165) is 0 Å². The molecule has 0 atom stereocenters. The molecule has 49 heavy (non-hydrogen) atoms. The maximum atomic E-state index is 13.4. The van der Waals surface area contributed by atoms with Gasteiger partial charge in [0.2, 0.25) is 0 Å². The number of hydroxylamine groups is 8. The van der Waals surface area contributed by atoms with Crippen LogP contribution in [0.25, 0.3) is 0 Å². The second-order valence-corrected chi connectivity index (χ2v) is 22.7. The maximum Gasteiger partial charge on any atom is 0.680 e. The Bertz CT molecular complexity index is 938. The third-order valence-electron chi connectivity index (χ3n) is 11.5. The van der Waals surface area contributed by atoms with E-state index >= 15 is 0 Å². The Balaban J connectivity index is 1.84. The molecule has 0 aromatic rings. The van der Waals surface area contributed by atoms with E-state index in [9.17, 15) is 20.8 Å². The Labute approximate surface area is 298 Å². The zero-order valence-electron chi connectivity index (χ0n) is 33.5. The Morgan fingerprint density at radius 1 is 0.327 bits per heavy atom. The predicted molar refractivity (Wildman–Crippen MR) is 185 cm³/mol. The molecule has 13 heteroatoms. The fourth-order valence-electron chi connectivity index (χ4n) is 10.0. The third-order valence-corrected chi connectivity index (χ3v) is 13.9. The van der Waals surface area contributed by atoms with Crippen molar-refractivity contribution in [1.82, 2.24) is 20.3 Å². The first kappa shape index (κ1) is 41.5. The average molecular weight is 713 g/mol. The number of piperidine rings is 4. The van der Waals surface area contributed by atoms with Crippen molar-refractivity contribution in [2.24, 2.45) is 0 Å². The molecule has 12 nitrogen and oxygen atoms in total. The van der Waals surface area contributed by atoms with Gasteiger partial charge in [-0.25, -0.2) is 0 Å². The van der Waals surface area contributed by atoms with E-state index in [-0.39, 0.29) is 0 Å². The van der Waals surface area contributed by atoms with Crippen LogP contribution in [0.5, 0.6) is 0 Å². The van der Waals surface area contributed by atoms with Crippen molar-refractivity contribution in [3.05, 3.63) is 0 Å². The van der Waals surface area contributed by atoms with Crippen molar-refractivity contribution >= 4 is 9.05 Å². The van der Waals surface area contributed by atoms with Gasteiger partial charge in [-0.1, -0.05) is 0 Å². The van der Waals surface area contributed by atoms with Crippen LogP contribution in [-0.2, 0) is 38.5 Å². The zero-order valence-corrected chi connectivity index (χ0v) is 34.5. The van der Waals surface area contributed by atoms with Crippen molar-refractivity contribution in [3.63, 3.8) is 0 Å². The van der Waals surface area contributed by atoms with Gasteiger partial charge in [0.25, 0.3) is 0 Å². The van der Waals surface area contributed by atoms with Crippen LogP contribution in [0.3, 0.4) is 0 Å². The van der Waals surface area contributed by atoms with Crippen molar-refractivity contribution < 1.29 is 38.5 Å². The van der Waals surface area contributed by atoms with Gasteiger partial charge in [0.1, 0.15) is 0 Å². The summed E-state index contributed by atoms with van der Waals surface area (Å²) in [5, 5.41) is 58.4. The van der Waals surface area contributed by atoms with Gasteiger partial charge in [-0.05, 0) is 162 Å². The highest BCUT2D eigenvalue weighted by atomic mass is 28.4. The monoisotopic (exact) mass is 712 g/mol. The summed E-state index contributed by atoms with van der Waals surface area (Å²) in [6.45, 7) is 30.9. The Hall–Kier alpha value is -0.263. The van der Waals surface area contributed by atoms with Crippen molar-refractivity contribution in [2.75, 3.05) is 0 Å². The molecule has 4 aliphatic rings. The predicted octanol–water partition coefficient (Wildman–Crippen LogP) is 6.96. The smallest absolute Gasteiger partial charge is 0.348 e. The SMILES string of the molecule is CC1(C)CC(O[Si](OC2CC(C)(C)N([O])C(C)(C)C2)(OC2CC(C)(C)N([O])C(C)(C)C2)OC2CC(C)(C)N([O])C(C)(C)C2)CC(C)(C)N1[O]. The molecule has 0 aromatic heterocycles. The Morgan fingerprint density at radius 3 is 0.571 bits per heavy atom. The highest BCUT2D eigenvalue weighted by molar-refractivity contribution is 6.53. The molecule has 0 aromatic carbocycles. The fraction of sp³-hybridized carbons (Fsp3) is 1.00. The van der Waals surface area contributed by atoms with Crippen LogP contribution >= 0.6 is 0 Å². The summed E-state index contributed by atoms with van der Waals surface area (Å²) in [6, 6.07) is 0. The molecule has 0 amide bonds. The maximum absolute atomic E-state index is 13.4. The standard InChI is InChI=1S/C36H68N4O8Si/c1-29(2)17-25(18-30(3,4)37(29)41)45-49(46-26-19-31(5,6)38(42)32(7,8)20-26,47-27-21-33(9,10)39(43)34(11,12)22-27)48-28-23-35(13,14)40(44)36(15,16)24-28/h25-28H,17-24H2,1-16H3. The Kier molecular flexibility index (Phi) is 11.0. The van der Waals surface area contributed by atoms with Crippen LogP contribution < -0.4 is 0 Å². The molecule has 0 saturated carbocycles. The lowest BCUT2D eigenvalue weighted by Gasteiger charge is -2.55. The minimum absolute atomic E-state index is 0.427. The minimum atomic E-state index is -4.22. The van der Waals surface area contributed by atoms with E-state index in [0.29, 0.717) is 51.4 Å². The summed E-state index contributed by atoms with van der Waals surface area (Å²) >= 11 is 0. The van der Waals surface area contributed by atoms with Crippen molar-refractivity contribution in [2.45, 2.75) is 231 Å². The number of hydrogen-bond acceptors (Lipinski definition) is 8. The molecule has 0 aliphatic carbocycles. The van der Waals surface area contributed by atoms with Crippen molar-refractivity contribution in [1.29, 1.82) is 0 Å². The molecule has 0 spiro atoms. The van der Waals surface area contributed by atoms with Gasteiger partial charge in [0.05, 0.1) is 24.4 Å². The van der Waals surface area contributed by atoms with Gasteiger partial charge in [-0.2, -0.15) is 0 Å². The normalized spacial score (nSPS) is 31.6. The van der Waals surface area contributed by atoms with Gasteiger partial charge in [-0.15, -0.1) is 41.1 Å². The third kappa shape index (κ3) is 8.60. The fourth-order valence-corrected chi connectivity index (χ4v) is 12.6. The van der Waals surface area contributed by atoms with E-state index in [1.54, 1.807) is 0 Å². The highest BCUT2D eigenvalue weighted by Crippen LogP contribution is 2.47. The Morgan fingerprint density at radius 2 is 0.449 bits per heavy atom. The lowest BCUT2D eigenvalue weighted by molar-refractivity contribution is -0.315. The van der Waals surface area contributed by atoms with E-state index in [1.165, 1.54) is 20.3 Å². The van der Waals surface area contributed by atoms with Gasteiger partial charge in [-0.3, -0.25) is 0 Å². The first-order valence-corrected chi connectivity index (χ1v) is 20.0. The second kappa shape index (κ2) is 12.9. The highest BCUT2D eigenvalue weighted by Gasteiger charge is 2.61. The first-order chi connectivity index (χ1) is 21.8. The van der Waals surface area contributed by atoms with Gasteiger partial charge in [0, 0.05) is 44.3 Å². The molecule has 4 heterocycles. The number of hydrogen-bond donors (Lipinski definition) is 0. The van der Waals surface area contributed by atoms with Gasteiger partial charge in [0.15, 0.2) is 0 Å². The minimum Gasteiger partial charge on any atom is -0.348 e. The van der Waals surface area contributed by atoms with Crippen LogP contribution in [0.4, 0.5) is 0 Å². The molecule has 0 bridgehead atoms. The molecule has 4 fully saturated rings. The van der Waals surface area contributed by atoms with Crippen molar-refractivity contribution in [3.8, 4) is 0 Å². The molecule has 4 saturated heterocycles. The van der Waals surface area contributed by atoms with Gasteiger partial charge >= 0.3 is 9.05 Å². The molecule has 4 aliphatic heterocycles. The second-order valence-electron chi connectivity index (χ2n) is 20.8. The first-order valence-electron chi connectivity index (χ1n) is 18.4.